The molecule has 0 aliphatic carbocycles. The molecule has 9 rings (SSSR count). The summed E-state index contributed by atoms with van der Waals surface area (Å²) < 4.78 is 64.8. The highest BCUT2D eigenvalue weighted by molar-refractivity contribution is 7.86. The highest BCUT2D eigenvalue weighted by Gasteiger charge is 2.43. The Morgan fingerprint density at radius 1 is 0.629 bits per heavy atom. The van der Waals surface area contributed by atoms with Crippen LogP contribution in [0.4, 0.5) is 0 Å². The Bertz CT molecular complexity index is 3810. The number of nitrogens with two attached hydrogens (primary N) is 2. The molecule has 0 spiro atoms. The number of aryl methyl sites for hydroxylation is 3. The zero-order valence-corrected chi connectivity index (χ0v) is 56.8. The van der Waals surface area contributed by atoms with Crippen molar-refractivity contribution in [2.45, 2.75) is 151 Å². The van der Waals surface area contributed by atoms with Crippen molar-refractivity contribution >= 4 is 61.6 Å². The zero-order chi connectivity index (χ0) is 70.6. The standard InChI is InChI=1S/C57H73N9O9.2C7H8O3S/c1-4-32-75-44-26-22-40(23-27-44)38-16-14-37(15-17-38)39-18-20-41(21-19-39)51(68)61-45-9-6-30-60-54(71)49-33-42(59)34-66(49)56(73)47(8-5-29-58)63-52(69)46(28-13-36-11-24-43(67)25-12-36)62-55(72)48-10-7-31-65(48)57(74)50(35(2)3)64-53(45)70;2*1-6-2-4-7(5-3-6)11(8,9)10/h11-12,14-27,35,42,45-50,67H,4-10,13,28-34,58-59H2,1-3H3,(H,60,71)(H,61,68)(H,62,72)(H,63,69)(H,64,70);2*2-5H,1H3,(H,8,9,10)/t42-,45-,46-,47-,48-,49-,50-;;/m0../s1. The van der Waals surface area contributed by atoms with Crippen molar-refractivity contribution in [1.82, 2.24) is 36.4 Å². The second-order valence-corrected chi connectivity index (χ2v) is 27.6. The van der Waals surface area contributed by atoms with E-state index >= 15 is 0 Å². The molecule has 0 unspecified atom stereocenters. The van der Waals surface area contributed by atoms with E-state index in [0.29, 0.717) is 37.9 Å². The van der Waals surface area contributed by atoms with Gasteiger partial charge in [0.25, 0.3) is 26.1 Å². The van der Waals surface area contributed by atoms with Crippen LogP contribution in [-0.2, 0) is 55.4 Å². The van der Waals surface area contributed by atoms with E-state index in [9.17, 15) is 55.5 Å². The van der Waals surface area contributed by atoms with E-state index in [2.05, 4.69) is 33.5 Å². The average molecular weight is 1370 g/mol. The number of phenolic OH excluding ortho intramolecular Hbond substituents is 1. The van der Waals surface area contributed by atoms with Crippen LogP contribution in [0.5, 0.6) is 11.5 Å². The second kappa shape index (κ2) is 35.3. The molecule has 3 fully saturated rings. The summed E-state index contributed by atoms with van der Waals surface area (Å²) in [5.41, 5.74) is 19.2. The summed E-state index contributed by atoms with van der Waals surface area (Å²) in [5, 5.41) is 24.3. The van der Waals surface area contributed by atoms with E-state index in [-0.39, 0.29) is 73.8 Å². The molecule has 0 saturated carbocycles. The fourth-order valence-corrected chi connectivity index (χ4v) is 12.3. The van der Waals surface area contributed by atoms with E-state index in [4.69, 9.17) is 25.3 Å². The molecule has 520 valence electrons. The molecular weight excluding hydrogens is 1280 g/mol. The van der Waals surface area contributed by atoms with Gasteiger partial charge < -0.3 is 57.7 Å². The normalized spacial score (nSPS) is 20.6. The van der Waals surface area contributed by atoms with Gasteiger partial charge in [0.15, 0.2) is 0 Å². The Morgan fingerprint density at radius 2 is 1.16 bits per heavy atom. The lowest BCUT2D eigenvalue weighted by molar-refractivity contribution is -0.143. The third-order valence-electron chi connectivity index (χ3n) is 16.8. The second-order valence-electron chi connectivity index (χ2n) is 24.7. The van der Waals surface area contributed by atoms with Crippen molar-refractivity contribution < 1.29 is 69.3 Å². The van der Waals surface area contributed by atoms with Crippen molar-refractivity contribution in [2.75, 3.05) is 32.8 Å². The predicted molar refractivity (Wildman–Crippen MR) is 367 cm³/mol. The number of fused-ring (bicyclic) bond motifs is 2. The van der Waals surface area contributed by atoms with Gasteiger partial charge in [0.05, 0.1) is 16.4 Å². The molecule has 3 saturated heterocycles. The Morgan fingerprint density at radius 3 is 1.69 bits per heavy atom. The summed E-state index contributed by atoms with van der Waals surface area (Å²) in [6, 6.07) is 34.5. The smallest absolute Gasteiger partial charge is 0.294 e. The molecule has 12 N–H and O–H groups in total. The molecule has 0 radical (unpaired) electrons. The number of carbonyl (C=O) groups excluding carboxylic acids is 7. The van der Waals surface area contributed by atoms with Crippen LogP contribution < -0.4 is 42.8 Å². The topological polar surface area (TPSA) is 376 Å². The molecule has 0 bridgehead atoms. The van der Waals surface area contributed by atoms with E-state index in [1.54, 1.807) is 62.4 Å². The van der Waals surface area contributed by atoms with E-state index in [0.717, 1.165) is 51.1 Å². The molecule has 6 aromatic carbocycles. The summed E-state index contributed by atoms with van der Waals surface area (Å²) in [6.07, 6.45) is 3.09. The number of nitrogens with zero attached hydrogens (tertiary/aromatic N) is 2. The van der Waals surface area contributed by atoms with Gasteiger partial charge in [-0.2, -0.15) is 16.8 Å². The maximum Gasteiger partial charge on any atom is 0.294 e. The van der Waals surface area contributed by atoms with Crippen LogP contribution in [0, 0.1) is 19.8 Å². The fraction of sp³-hybridized carbons (Fsp3) is 0.394. The van der Waals surface area contributed by atoms with Gasteiger partial charge in [0, 0.05) is 31.2 Å². The molecule has 26 heteroatoms. The van der Waals surface area contributed by atoms with Crippen LogP contribution in [-0.4, -0.2) is 157 Å². The summed E-state index contributed by atoms with van der Waals surface area (Å²) in [7, 11) is -8.04. The Labute approximate surface area is 567 Å². The van der Waals surface area contributed by atoms with Gasteiger partial charge in [-0.25, -0.2) is 0 Å². The van der Waals surface area contributed by atoms with Gasteiger partial charge in [-0.1, -0.05) is 117 Å². The number of hydrogen-bond acceptors (Lipinski definition) is 15. The molecule has 0 aromatic heterocycles. The molecule has 3 heterocycles. The van der Waals surface area contributed by atoms with E-state index < -0.39 is 110 Å². The van der Waals surface area contributed by atoms with Gasteiger partial charge in [-0.3, -0.25) is 42.7 Å². The molecule has 97 heavy (non-hydrogen) atoms. The first-order valence-corrected chi connectivity index (χ1v) is 35.4. The van der Waals surface area contributed by atoms with Crippen LogP contribution in [0.25, 0.3) is 22.3 Å². The molecule has 3 aliphatic rings. The lowest BCUT2D eigenvalue weighted by Gasteiger charge is -2.32. The lowest BCUT2D eigenvalue weighted by atomic mass is 9.99. The molecule has 3 aliphatic heterocycles. The molecular formula is C71H89N9O15S2. The van der Waals surface area contributed by atoms with Gasteiger partial charge in [-0.05, 0) is 179 Å². The number of ether oxygens (including phenoxy) is 1. The number of hydrogen-bond donors (Lipinski definition) is 10. The average Bonchev–Trinajstić information content (AvgIpc) is 1.87. The van der Waals surface area contributed by atoms with Crippen molar-refractivity contribution in [3.63, 3.8) is 0 Å². The van der Waals surface area contributed by atoms with E-state index in [1.807, 2.05) is 74.5 Å². The predicted octanol–water partition coefficient (Wildman–Crippen LogP) is 6.41. The maximum absolute atomic E-state index is 14.6. The monoisotopic (exact) mass is 1370 g/mol. The molecule has 7 atom stereocenters. The number of rotatable bonds is 16. The SMILES string of the molecule is CCCOc1ccc(-c2ccc(-c3ccc(C(=O)N[C@H]4CCCNC(=O)[C@@H]5C[C@H](N)CN5C(=O)[C@H](CCCN)NC(=O)[C@H](CCc5ccc(O)cc5)NC(=O)[C@@H]5CCCN5C(=O)[C@H](C(C)C)NC4=O)cc3)cc2)cc1.Cc1ccc(S(=O)(=O)O)cc1.Cc1ccc(S(=O)(=O)O)cc1. The van der Waals surface area contributed by atoms with Crippen LogP contribution in [0.1, 0.15) is 106 Å². The first-order valence-electron chi connectivity index (χ1n) is 32.5. The molecule has 6 aromatic rings. The number of phenols is 1. The van der Waals surface area contributed by atoms with Crippen LogP contribution in [0.2, 0.25) is 0 Å². The molecule has 7 amide bonds. The van der Waals surface area contributed by atoms with Gasteiger partial charge in [-0.15, -0.1) is 0 Å². The van der Waals surface area contributed by atoms with E-state index in [1.165, 1.54) is 46.2 Å². The Balaban J connectivity index is 0.000000507. The minimum absolute atomic E-state index is 0.0573. The van der Waals surface area contributed by atoms with Gasteiger partial charge in [0.2, 0.25) is 35.4 Å². The highest BCUT2D eigenvalue weighted by Crippen LogP contribution is 2.28. The number of nitrogens with one attached hydrogen (secondary N) is 5. The van der Waals surface area contributed by atoms with Gasteiger partial charge in [0.1, 0.15) is 47.8 Å². The summed E-state index contributed by atoms with van der Waals surface area (Å²) in [5.74, 6) is -3.40. The zero-order valence-electron chi connectivity index (χ0n) is 55.2. The Kier molecular flexibility index (Phi) is 27.4. The van der Waals surface area contributed by atoms with Crippen LogP contribution >= 0.6 is 0 Å². The minimum Gasteiger partial charge on any atom is -0.508 e. The van der Waals surface area contributed by atoms with Crippen LogP contribution in [0.3, 0.4) is 0 Å². The quantitative estimate of drug-likeness (QED) is 0.0468. The maximum atomic E-state index is 14.6. The first kappa shape index (κ1) is 75.3. The van der Waals surface area contributed by atoms with Crippen molar-refractivity contribution in [3.05, 3.63) is 168 Å². The summed E-state index contributed by atoms with van der Waals surface area (Å²) >= 11 is 0. The fourth-order valence-electron chi connectivity index (χ4n) is 11.4. The van der Waals surface area contributed by atoms with Crippen molar-refractivity contribution in [2.24, 2.45) is 17.4 Å². The lowest BCUT2D eigenvalue weighted by Crippen LogP contribution is -2.60. The largest absolute Gasteiger partial charge is 0.508 e. The molecule has 24 nitrogen and oxygen atoms in total. The number of carbonyl (C=O) groups is 7. The third kappa shape index (κ3) is 22.0. The summed E-state index contributed by atoms with van der Waals surface area (Å²) in [4.78, 5) is 103. The minimum atomic E-state index is -4.02. The van der Waals surface area contributed by atoms with Gasteiger partial charge >= 0.3 is 0 Å². The Hall–Kier alpha value is -9.05. The number of amides is 7. The third-order valence-corrected chi connectivity index (χ3v) is 18.6. The van der Waals surface area contributed by atoms with Crippen LogP contribution in [0.15, 0.2) is 155 Å². The summed E-state index contributed by atoms with van der Waals surface area (Å²) in [6.45, 7) is 10.5. The van der Waals surface area contributed by atoms with Crippen molar-refractivity contribution in [3.8, 4) is 33.8 Å². The number of benzene rings is 6. The highest BCUT2D eigenvalue weighted by atomic mass is 32.2. The number of aromatic hydroxyl groups is 1. The van der Waals surface area contributed by atoms with Crippen molar-refractivity contribution in [1.29, 1.82) is 0 Å². The first-order chi connectivity index (χ1) is 46.1.